The maximum absolute atomic E-state index is 9.02. The van der Waals surface area contributed by atoms with E-state index in [-0.39, 0.29) is 6.10 Å². The summed E-state index contributed by atoms with van der Waals surface area (Å²) in [7, 11) is 0. The molecule has 2 N–H and O–H groups in total. The van der Waals surface area contributed by atoms with Crippen molar-refractivity contribution in [2.75, 3.05) is 13.2 Å². The van der Waals surface area contributed by atoms with Gasteiger partial charge in [-0.2, -0.15) is 0 Å². The van der Waals surface area contributed by atoms with Crippen molar-refractivity contribution in [2.45, 2.75) is 25.0 Å². The van der Waals surface area contributed by atoms with Crippen molar-refractivity contribution < 1.29 is 14.9 Å². The van der Waals surface area contributed by atoms with Gasteiger partial charge in [-0.1, -0.05) is 0 Å². The molecule has 2 unspecified atom stereocenters. The zero-order chi connectivity index (χ0) is 6.69. The van der Waals surface area contributed by atoms with E-state index in [0.717, 1.165) is 0 Å². The lowest BCUT2D eigenvalue weighted by Gasteiger charge is -2.07. The summed E-state index contributed by atoms with van der Waals surface area (Å²) in [6.07, 6.45) is 0.266. The first-order valence-electron chi connectivity index (χ1n) is 3.23. The monoisotopic (exact) mass is 132 g/mol. The largest absolute Gasteiger partial charge is 0.393 e. The minimum absolute atomic E-state index is 0.372. The van der Waals surface area contributed by atoms with Gasteiger partial charge in [0.15, 0.2) is 0 Å². The molecule has 0 aromatic carbocycles. The van der Waals surface area contributed by atoms with Gasteiger partial charge in [-0.25, -0.2) is 0 Å². The molecule has 1 rings (SSSR count). The Balaban J connectivity index is 2.29. The third kappa shape index (κ3) is 2.30. The molecule has 1 fully saturated rings. The van der Waals surface area contributed by atoms with Gasteiger partial charge in [-0.3, -0.25) is 0 Å². The third-order valence-corrected chi connectivity index (χ3v) is 1.45. The summed E-state index contributed by atoms with van der Waals surface area (Å²) in [6.45, 7) is 0.940. The molecule has 1 heterocycles. The normalized spacial score (nSPS) is 38.0. The first kappa shape index (κ1) is 6.99. The van der Waals surface area contributed by atoms with Gasteiger partial charge < -0.3 is 14.9 Å². The fourth-order valence-electron chi connectivity index (χ4n) is 0.939. The Morgan fingerprint density at radius 2 is 2.00 bits per heavy atom. The Labute approximate surface area is 54.3 Å². The molecule has 3 heteroatoms. The van der Waals surface area contributed by atoms with Crippen molar-refractivity contribution in [1.29, 1.82) is 0 Å². The molecule has 54 valence electrons. The van der Waals surface area contributed by atoms with E-state index in [1.807, 2.05) is 0 Å². The lowest BCUT2D eigenvalue weighted by molar-refractivity contribution is 0.0464. The molecule has 0 aromatic heterocycles. The summed E-state index contributed by atoms with van der Waals surface area (Å²) in [5.74, 6) is 0. The minimum atomic E-state index is -0.470. The van der Waals surface area contributed by atoms with Crippen LogP contribution in [0.4, 0.5) is 0 Å². The maximum Gasteiger partial charge on any atom is 0.0798 e. The van der Waals surface area contributed by atoms with Gasteiger partial charge in [0.25, 0.3) is 0 Å². The van der Waals surface area contributed by atoms with Crippen LogP contribution in [-0.2, 0) is 4.74 Å². The van der Waals surface area contributed by atoms with E-state index in [1.165, 1.54) is 0 Å². The van der Waals surface area contributed by atoms with Crippen LogP contribution in [0.25, 0.3) is 0 Å². The fourth-order valence-corrected chi connectivity index (χ4v) is 0.939. The van der Waals surface area contributed by atoms with E-state index in [9.17, 15) is 0 Å². The third-order valence-electron chi connectivity index (χ3n) is 1.45. The molecule has 0 saturated carbocycles. The molecule has 0 amide bonds. The highest BCUT2D eigenvalue weighted by Crippen LogP contribution is 2.07. The lowest BCUT2D eigenvalue weighted by atomic mass is 10.1. The van der Waals surface area contributed by atoms with Crippen LogP contribution >= 0.6 is 0 Å². The topological polar surface area (TPSA) is 49.7 Å². The van der Waals surface area contributed by atoms with Gasteiger partial charge in [-0.15, -0.1) is 0 Å². The highest BCUT2D eigenvalue weighted by atomic mass is 16.5. The van der Waals surface area contributed by atoms with Crippen molar-refractivity contribution in [3.8, 4) is 0 Å². The molecule has 1 aliphatic rings. The zero-order valence-corrected chi connectivity index (χ0v) is 5.29. The summed E-state index contributed by atoms with van der Waals surface area (Å²) in [6, 6.07) is 0. The Morgan fingerprint density at radius 3 is 2.78 bits per heavy atom. The summed E-state index contributed by atoms with van der Waals surface area (Å²) in [5, 5.41) is 18.0. The van der Waals surface area contributed by atoms with E-state index in [2.05, 4.69) is 0 Å². The Bertz CT molecular complexity index is 74.4. The van der Waals surface area contributed by atoms with Crippen LogP contribution in [0.2, 0.25) is 0 Å². The molecule has 3 nitrogen and oxygen atoms in total. The summed E-state index contributed by atoms with van der Waals surface area (Å²) >= 11 is 0. The standard InChI is InChI=1S/C6H12O3/c7-5-1-2-9-4-6(8)3-5/h5-8H,1-4H2. The second-order valence-corrected chi connectivity index (χ2v) is 2.41. The molecule has 9 heavy (non-hydrogen) atoms. The fraction of sp³-hybridized carbons (Fsp3) is 1.00. The Kier molecular flexibility index (Phi) is 2.45. The predicted molar refractivity (Wildman–Crippen MR) is 32.1 cm³/mol. The highest BCUT2D eigenvalue weighted by molar-refractivity contribution is 4.66. The number of aliphatic hydroxyl groups is 2. The molecule has 0 bridgehead atoms. The first-order chi connectivity index (χ1) is 4.29. The summed E-state index contributed by atoms with van der Waals surface area (Å²) < 4.78 is 4.97. The van der Waals surface area contributed by atoms with Gasteiger partial charge in [-0.05, 0) is 6.42 Å². The highest BCUT2D eigenvalue weighted by Gasteiger charge is 2.15. The number of aliphatic hydroxyl groups excluding tert-OH is 2. The van der Waals surface area contributed by atoms with Gasteiger partial charge in [0, 0.05) is 13.0 Å². The lowest BCUT2D eigenvalue weighted by Crippen LogP contribution is -2.17. The van der Waals surface area contributed by atoms with Gasteiger partial charge >= 0.3 is 0 Å². The second-order valence-electron chi connectivity index (χ2n) is 2.41. The molecule has 0 radical (unpaired) electrons. The summed E-state index contributed by atoms with van der Waals surface area (Å²) in [5.41, 5.74) is 0. The molecule has 0 aliphatic carbocycles. The SMILES string of the molecule is OC1CCOCC(O)C1. The maximum atomic E-state index is 9.02. The number of ether oxygens (including phenoxy) is 1. The van der Waals surface area contributed by atoms with Crippen LogP contribution in [0.15, 0.2) is 0 Å². The van der Waals surface area contributed by atoms with Crippen LogP contribution in [0.1, 0.15) is 12.8 Å². The quantitative estimate of drug-likeness (QED) is 0.468. The van der Waals surface area contributed by atoms with Crippen molar-refractivity contribution >= 4 is 0 Å². The van der Waals surface area contributed by atoms with E-state index >= 15 is 0 Å². The van der Waals surface area contributed by atoms with Crippen molar-refractivity contribution in [2.24, 2.45) is 0 Å². The van der Waals surface area contributed by atoms with Crippen molar-refractivity contribution in [3.63, 3.8) is 0 Å². The van der Waals surface area contributed by atoms with E-state index in [0.29, 0.717) is 26.1 Å². The molecule has 0 aromatic rings. The van der Waals surface area contributed by atoms with Crippen LogP contribution in [0.5, 0.6) is 0 Å². The Morgan fingerprint density at radius 1 is 1.22 bits per heavy atom. The number of hydrogen-bond acceptors (Lipinski definition) is 3. The molecular formula is C6H12O3. The van der Waals surface area contributed by atoms with Crippen LogP contribution in [0, 0.1) is 0 Å². The van der Waals surface area contributed by atoms with Gasteiger partial charge in [0.1, 0.15) is 0 Å². The van der Waals surface area contributed by atoms with Crippen LogP contribution in [0.3, 0.4) is 0 Å². The van der Waals surface area contributed by atoms with Crippen LogP contribution in [-0.4, -0.2) is 35.6 Å². The van der Waals surface area contributed by atoms with E-state index in [4.69, 9.17) is 14.9 Å². The molecule has 0 spiro atoms. The smallest absolute Gasteiger partial charge is 0.0798 e. The average Bonchev–Trinajstić information content (AvgIpc) is 1.93. The number of rotatable bonds is 0. The minimum Gasteiger partial charge on any atom is -0.393 e. The van der Waals surface area contributed by atoms with Gasteiger partial charge in [0.05, 0.1) is 18.8 Å². The second kappa shape index (κ2) is 3.15. The molecule has 1 saturated heterocycles. The molecular weight excluding hydrogens is 120 g/mol. The van der Waals surface area contributed by atoms with E-state index < -0.39 is 6.10 Å². The first-order valence-corrected chi connectivity index (χ1v) is 3.23. The van der Waals surface area contributed by atoms with Crippen molar-refractivity contribution in [1.82, 2.24) is 0 Å². The molecule has 2 atom stereocenters. The van der Waals surface area contributed by atoms with Crippen LogP contribution < -0.4 is 0 Å². The zero-order valence-electron chi connectivity index (χ0n) is 5.29. The van der Waals surface area contributed by atoms with E-state index in [1.54, 1.807) is 0 Å². The number of hydrogen-bond donors (Lipinski definition) is 2. The summed E-state index contributed by atoms with van der Waals surface area (Å²) in [4.78, 5) is 0. The van der Waals surface area contributed by atoms with Crippen molar-refractivity contribution in [3.05, 3.63) is 0 Å². The predicted octanol–water partition coefficient (Wildman–Crippen LogP) is -0.481. The Hall–Kier alpha value is -0.120. The molecule has 1 aliphatic heterocycles. The average molecular weight is 132 g/mol. The van der Waals surface area contributed by atoms with Gasteiger partial charge in [0.2, 0.25) is 0 Å².